The molecule has 0 saturated carbocycles. The normalized spacial score (nSPS) is 22.7. The number of aliphatic hydroxyl groups excluding tert-OH is 1. The number of fused-ring (bicyclic) bond motifs is 1. The van der Waals surface area contributed by atoms with E-state index in [0.717, 1.165) is 11.1 Å². The second kappa shape index (κ2) is 4.14. The monoisotopic (exact) mass is 222 g/mol. The average Bonchev–Trinajstić information content (AvgIpc) is 2.66. The first-order valence-electron chi connectivity index (χ1n) is 5.11. The Morgan fingerprint density at radius 2 is 2.19 bits per heavy atom. The average molecular weight is 222 g/mol. The fourth-order valence-corrected chi connectivity index (χ4v) is 2.23. The van der Waals surface area contributed by atoms with Crippen molar-refractivity contribution in [1.82, 2.24) is 0 Å². The zero-order valence-corrected chi connectivity index (χ0v) is 9.27. The Hall–Kier alpha value is -1.55. The summed E-state index contributed by atoms with van der Waals surface area (Å²) in [6.07, 6.45) is -0.253. The molecule has 86 valence electrons. The van der Waals surface area contributed by atoms with E-state index in [1.165, 1.54) is 7.11 Å². The van der Waals surface area contributed by atoms with Gasteiger partial charge in [-0.05, 0) is 18.1 Å². The van der Waals surface area contributed by atoms with Crippen LogP contribution in [-0.4, -0.2) is 25.3 Å². The molecule has 0 heterocycles. The first kappa shape index (κ1) is 11.0. The first-order valence-corrected chi connectivity index (χ1v) is 5.11. The van der Waals surface area contributed by atoms with Gasteiger partial charge in [-0.25, -0.2) is 0 Å². The van der Waals surface area contributed by atoms with Crippen LogP contribution in [0.5, 0.6) is 5.75 Å². The van der Waals surface area contributed by atoms with Gasteiger partial charge in [0.05, 0.1) is 26.2 Å². The van der Waals surface area contributed by atoms with Crippen LogP contribution in [0.4, 0.5) is 0 Å². The SMILES string of the molecule is COC(=O)[C@H]1C[C@H](O)c2cccc(OC)c21. The van der Waals surface area contributed by atoms with E-state index >= 15 is 0 Å². The fraction of sp³-hybridized carbons (Fsp3) is 0.417. The lowest BCUT2D eigenvalue weighted by Crippen LogP contribution is -2.12. The molecule has 2 rings (SSSR count). The molecule has 0 bridgehead atoms. The third-order valence-electron chi connectivity index (χ3n) is 2.97. The topological polar surface area (TPSA) is 55.8 Å². The van der Waals surface area contributed by atoms with Crippen LogP contribution in [0.1, 0.15) is 29.6 Å². The Balaban J connectivity index is 2.50. The maximum atomic E-state index is 11.6. The van der Waals surface area contributed by atoms with Crippen molar-refractivity contribution in [1.29, 1.82) is 0 Å². The van der Waals surface area contributed by atoms with E-state index in [9.17, 15) is 9.90 Å². The molecule has 16 heavy (non-hydrogen) atoms. The molecule has 1 aromatic carbocycles. The predicted octanol–water partition coefficient (Wildman–Crippen LogP) is 1.39. The molecule has 0 fully saturated rings. The summed E-state index contributed by atoms with van der Waals surface area (Å²) in [5.41, 5.74) is 1.51. The Bertz CT molecular complexity index is 413. The van der Waals surface area contributed by atoms with Crippen molar-refractivity contribution in [2.45, 2.75) is 18.4 Å². The summed E-state index contributed by atoms with van der Waals surface area (Å²) in [5, 5.41) is 9.85. The number of aliphatic hydroxyl groups is 1. The van der Waals surface area contributed by atoms with Gasteiger partial charge in [0.25, 0.3) is 0 Å². The fourth-order valence-electron chi connectivity index (χ4n) is 2.23. The van der Waals surface area contributed by atoms with Crippen molar-refractivity contribution in [2.75, 3.05) is 14.2 Å². The smallest absolute Gasteiger partial charge is 0.313 e. The van der Waals surface area contributed by atoms with Crippen molar-refractivity contribution < 1.29 is 19.4 Å². The zero-order chi connectivity index (χ0) is 11.7. The minimum atomic E-state index is -0.616. The molecule has 4 heteroatoms. The molecule has 1 aliphatic carbocycles. The summed E-state index contributed by atoms with van der Waals surface area (Å²) in [7, 11) is 2.90. The van der Waals surface area contributed by atoms with Gasteiger partial charge >= 0.3 is 5.97 Å². The van der Waals surface area contributed by atoms with E-state index < -0.39 is 12.0 Å². The van der Waals surface area contributed by atoms with E-state index in [2.05, 4.69) is 0 Å². The van der Waals surface area contributed by atoms with Crippen molar-refractivity contribution in [3.8, 4) is 5.75 Å². The molecule has 0 radical (unpaired) electrons. The van der Waals surface area contributed by atoms with Crippen LogP contribution in [0.3, 0.4) is 0 Å². The lowest BCUT2D eigenvalue weighted by atomic mass is 10.0. The number of carbonyl (C=O) groups excluding carboxylic acids is 1. The van der Waals surface area contributed by atoms with Crippen LogP contribution in [0.15, 0.2) is 18.2 Å². The molecule has 0 saturated heterocycles. The molecule has 0 aliphatic heterocycles. The maximum absolute atomic E-state index is 11.6. The maximum Gasteiger partial charge on any atom is 0.313 e. The number of ether oxygens (including phenoxy) is 2. The van der Waals surface area contributed by atoms with E-state index in [4.69, 9.17) is 9.47 Å². The molecule has 0 amide bonds. The number of rotatable bonds is 2. The van der Waals surface area contributed by atoms with Gasteiger partial charge in [-0.15, -0.1) is 0 Å². The van der Waals surface area contributed by atoms with Crippen LogP contribution in [0, 0.1) is 0 Å². The van der Waals surface area contributed by atoms with Gasteiger partial charge in [-0.2, -0.15) is 0 Å². The summed E-state index contributed by atoms with van der Waals surface area (Å²) in [6, 6.07) is 5.40. The summed E-state index contributed by atoms with van der Waals surface area (Å²) in [6.45, 7) is 0. The van der Waals surface area contributed by atoms with Gasteiger partial charge in [-0.1, -0.05) is 12.1 Å². The summed E-state index contributed by atoms with van der Waals surface area (Å²) in [5.74, 6) is -0.127. The summed E-state index contributed by atoms with van der Waals surface area (Å²) < 4.78 is 9.94. The standard InChI is InChI=1S/C12H14O4/c1-15-10-5-3-4-7-9(13)6-8(11(7)10)12(14)16-2/h3-5,8-9,13H,6H2,1-2H3/t8-,9-/m0/s1. The van der Waals surface area contributed by atoms with Gasteiger partial charge in [0.1, 0.15) is 5.75 Å². The minimum absolute atomic E-state index is 0.331. The van der Waals surface area contributed by atoms with Gasteiger partial charge in [0, 0.05) is 5.56 Å². The highest BCUT2D eigenvalue weighted by Crippen LogP contribution is 2.45. The Morgan fingerprint density at radius 1 is 1.44 bits per heavy atom. The van der Waals surface area contributed by atoms with E-state index in [1.807, 2.05) is 6.07 Å². The van der Waals surface area contributed by atoms with Crippen LogP contribution in [0.25, 0.3) is 0 Å². The largest absolute Gasteiger partial charge is 0.496 e. The van der Waals surface area contributed by atoms with Crippen molar-refractivity contribution in [2.24, 2.45) is 0 Å². The summed E-state index contributed by atoms with van der Waals surface area (Å²) in [4.78, 5) is 11.6. The van der Waals surface area contributed by atoms with Crippen LogP contribution in [-0.2, 0) is 9.53 Å². The molecule has 1 aliphatic rings. The van der Waals surface area contributed by atoms with Crippen LogP contribution in [0.2, 0.25) is 0 Å². The highest BCUT2D eigenvalue weighted by Gasteiger charge is 2.37. The minimum Gasteiger partial charge on any atom is -0.496 e. The number of esters is 1. The Labute approximate surface area is 93.8 Å². The predicted molar refractivity (Wildman–Crippen MR) is 57.3 cm³/mol. The van der Waals surface area contributed by atoms with Gasteiger partial charge in [0.15, 0.2) is 0 Å². The second-order valence-electron chi connectivity index (χ2n) is 3.79. The highest BCUT2D eigenvalue weighted by molar-refractivity contribution is 5.81. The van der Waals surface area contributed by atoms with Crippen LogP contribution < -0.4 is 4.74 Å². The molecule has 1 aromatic rings. The van der Waals surface area contributed by atoms with Crippen molar-refractivity contribution in [3.63, 3.8) is 0 Å². The number of methoxy groups -OCH3 is 2. The molecular weight excluding hydrogens is 208 g/mol. The van der Waals surface area contributed by atoms with Crippen molar-refractivity contribution >= 4 is 5.97 Å². The summed E-state index contributed by atoms with van der Waals surface area (Å²) >= 11 is 0. The number of hydrogen-bond donors (Lipinski definition) is 1. The molecule has 0 unspecified atom stereocenters. The third kappa shape index (κ3) is 1.55. The van der Waals surface area contributed by atoms with E-state index in [1.54, 1.807) is 19.2 Å². The molecule has 4 nitrogen and oxygen atoms in total. The highest BCUT2D eigenvalue weighted by atomic mass is 16.5. The molecule has 0 aromatic heterocycles. The van der Waals surface area contributed by atoms with Gasteiger partial charge in [-0.3, -0.25) is 4.79 Å². The molecule has 0 spiro atoms. The third-order valence-corrected chi connectivity index (χ3v) is 2.97. The second-order valence-corrected chi connectivity index (χ2v) is 3.79. The van der Waals surface area contributed by atoms with Gasteiger partial charge in [0.2, 0.25) is 0 Å². The van der Waals surface area contributed by atoms with Gasteiger partial charge < -0.3 is 14.6 Å². The Morgan fingerprint density at radius 3 is 2.81 bits per heavy atom. The molecular formula is C12H14O4. The van der Waals surface area contributed by atoms with Crippen molar-refractivity contribution in [3.05, 3.63) is 29.3 Å². The van der Waals surface area contributed by atoms with E-state index in [-0.39, 0.29) is 5.97 Å². The molecule has 2 atom stereocenters. The zero-order valence-electron chi connectivity index (χ0n) is 9.27. The number of hydrogen-bond acceptors (Lipinski definition) is 4. The number of benzene rings is 1. The molecule has 1 N–H and O–H groups in total. The lowest BCUT2D eigenvalue weighted by Gasteiger charge is -2.12. The van der Waals surface area contributed by atoms with Crippen LogP contribution >= 0.6 is 0 Å². The first-order chi connectivity index (χ1) is 7.69. The Kier molecular flexibility index (Phi) is 2.83. The van der Waals surface area contributed by atoms with E-state index in [0.29, 0.717) is 12.2 Å². The quantitative estimate of drug-likeness (QED) is 0.768. The number of carbonyl (C=O) groups is 1. The lowest BCUT2D eigenvalue weighted by molar-refractivity contribution is -0.142.